The van der Waals surface area contributed by atoms with E-state index in [2.05, 4.69) is 10.4 Å². The van der Waals surface area contributed by atoms with Crippen LogP contribution in [0.25, 0.3) is 0 Å². The van der Waals surface area contributed by atoms with Crippen molar-refractivity contribution in [3.05, 3.63) is 23.4 Å². The Morgan fingerprint density at radius 1 is 1.33 bits per heavy atom. The van der Waals surface area contributed by atoms with Crippen molar-refractivity contribution < 1.29 is 9.47 Å². The molecule has 0 aliphatic carbocycles. The number of nitrogens with zero attached hydrogens (tertiary/aromatic N) is 1. The highest BCUT2D eigenvalue weighted by molar-refractivity contribution is 5.43. The van der Waals surface area contributed by atoms with Crippen LogP contribution in [-0.2, 0) is 9.47 Å². The summed E-state index contributed by atoms with van der Waals surface area (Å²) in [6.07, 6.45) is 1.22. The summed E-state index contributed by atoms with van der Waals surface area (Å²) in [6.45, 7) is 6.80. The number of hydrogen-bond acceptors (Lipinski definition) is 6. The van der Waals surface area contributed by atoms with E-state index in [1.165, 1.54) is 0 Å². The van der Waals surface area contributed by atoms with Gasteiger partial charge in [0.25, 0.3) is 0 Å². The highest BCUT2D eigenvalue weighted by Crippen LogP contribution is 2.24. The van der Waals surface area contributed by atoms with Crippen LogP contribution in [0.2, 0.25) is 0 Å². The fourth-order valence-corrected chi connectivity index (χ4v) is 1.74. The van der Waals surface area contributed by atoms with E-state index in [1.807, 2.05) is 26.8 Å². The summed E-state index contributed by atoms with van der Waals surface area (Å²) < 4.78 is 11.1. The van der Waals surface area contributed by atoms with E-state index < -0.39 is 6.29 Å². The Kier molecular flexibility index (Phi) is 6.00. The predicted molar refractivity (Wildman–Crippen MR) is 70.5 cm³/mol. The number of nitrogens with two attached hydrogens (primary N) is 2. The maximum Gasteiger partial charge on any atom is 0.178 e. The number of rotatable bonds is 7. The molecule has 18 heavy (non-hydrogen) atoms. The maximum atomic E-state index is 5.88. The molecule has 0 aliphatic rings. The van der Waals surface area contributed by atoms with E-state index in [0.29, 0.717) is 19.0 Å². The molecule has 0 saturated heterocycles. The molecule has 0 fully saturated rings. The summed E-state index contributed by atoms with van der Waals surface area (Å²) in [4.78, 5) is 4.12. The summed E-state index contributed by atoms with van der Waals surface area (Å²) in [7, 11) is 0. The first kappa shape index (κ1) is 14.8. The third-order valence-electron chi connectivity index (χ3n) is 2.53. The molecule has 0 saturated carbocycles. The number of pyridine rings is 1. The van der Waals surface area contributed by atoms with Crippen molar-refractivity contribution in [2.24, 2.45) is 5.84 Å². The monoisotopic (exact) mass is 254 g/mol. The quantitative estimate of drug-likeness (QED) is 0.380. The molecule has 6 heteroatoms. The smallest absolute Gasteiger partial charge is 0.178 e. The Morgan fingerprint density at radius 2 is 1.94 bits per heavy atom. The minimum atomic E-state index is -0.490. The number of hydrazine groups is 1. The van der Waals surface area contributed by atoms with E-state index in [4.69, 9.17) is 21.1 Å². The zero-order valence-corrected chi connectivity index (χ0v) is 11.1. The molecule has 0 aromatic carbocycles. The molecule has 1 atom stereocenters. The third-order valence-corrected chi connectivity index (χ3v) is 2.53. The van der Waals surface area contributed by atoms with E-state index >= 15 is 0 Å². The summed E-state index contributed by atoms with van der Waals surface area (Å²) in [6, 6.07) is 1.58. The molecule has 5 N–H and O–H groups in total. The molecule has 0 aliphatic heterocycles. The van der Waals surface area contributed by atoms with Crippen molar-refractivity contribution in [1.82, 2.24) is 10.4 Å². The fourth-order valence-electron chi connectivity index (χ4n) is 1.74. The highest BCUT2D eigenvalue weighted by atomic mass is 16.7. The molecular formula is C12H22N4O2. The topological polar surface area (TPSA) is 95.4 Å². The lowest BCUT2D eigenvalue weighted by atomic mass is 10.1. The second-order valence-corrected chi connectivity index (χ2v) is 3.91. The van der Waals surface area contributed by atoms with Gasteiger partial charge in [0.15, 0.2) is 6.29 Å². The number of nitrogen functional groups attached to an aromatic ring is 1. The maximum absolute atomic E-state index is 5.88. The molecule has 0 amide bonds. The van der Waals surface area contributed by atoms with Crippen LogP contribution in [0.15, 0.2) is 12.3 Å². The van der Waals surface area contributed by atoms with Gasteiger partial charge in [0, 0.05) is 25.0 Å². The fraction of sp³-hybridized carbons (Fsp3) is 0.583. The van der Waals surface area contributed by atoms with Crippen LogP contribution >= 0.6 is 0 Å². The molecular weight excluding hydrogens is 232 g/mol. The highest BCUT2D eigenvalue weighted by Gasteiger charge is 2.25. The van der Waals surface area contributed by atoms with Crippen LogP contribution < -0.4 is 17.0 Å². The first-order valence-electron chi connectivity index (χ1n) is 6.05. The summed E-state index contributed by atoms with van der Waals surface area (Å²) in [5.41, 5.74) is 10.4. The lowest BCUT2D eigenvalue weighted by Crippen LogP contribution is -2.40. The molecule has 0 radical (unpaired) electrons. The van der Waals surface area contributed by atoms with Crippen molar-refractivity contribution in [2.75, 3.05) is 18.9 Å². The minimum Gasteiger partial charge on any atom is -0.383 e. The summed E-state index contributed by atoms with van der Waals surface area (Å²) >= 11 is 0. The molecule has 1 unspecified atom stereocenters. The van der Waals surface area contributed by atoms with E-state index in [9.17, 15) is 0 Å². The van der Waals surface area contributed by atoms with E-state index in [1.54, 1.807) is 6.20 Å². The van der Waals surface area contributed by atoms with Crippen LogP contribution in [0.3, 0.4) is 0 Å². The van der Waals surface area contributed by atoms with Crippen LogP contribution in [0, 0.1) is 6.92 Å². The number of aromatic nitrogens is 1. The Bertz CT molecular complexity index is 367. The lowest BCUT2D eigenvalue weighted by molar-refractivity contribution is -0.155. The normalized spacial score (nSPS) is 12.9. The zero-order valence-electron chi connectivity index (χ0n) is 11.1. The Labute approximate surface area is 108 Å². The van der Waals surface area contributed by atoms with E-state index in [0.717, 1.165) is 11.1 Å². The van der Waals surface area contributed by atoms with Gasteiger partial charge < -0.3 is 15.2 Å². The Balaban J connectivity index is 3.01. The molecule has 1 aromatic rings. The van der Waals surface area contributed by atoms with Gasteiger partial charge in [-0.3, -0.25) is 5.84 Å². The number of aryl methyl sites for hydroxylation is 1. The van der Waals surface area contributed by atoms with Crippen molar-refractivity contribution >= 4 is 5.82 Å². The summed E-state index contributed by atoms with van der Waals surface area (Å²) in [5, 5.41) is 0. The second kappa shape index (κ2) is 7.27. The van der Waals surface area contributed by atoms with Gasteiger partial charge in [0.05, 0.1) is 0 Å². The third kappa shape index (κ3) is 3.64. The molecule has 102 valence electrons. The van der Waals surface area contributed by atoms with Gasteiger partial charge in [-0.05, 0) is 32.4 Å². The van der Waals surface area contributed by atoms with Gasteiger partial charge >= 0.3 is 0 Å². The van der Waals surface area contributed by atoms with Gasteiger partial charge in [-0.2, -0.15) is 0 Å². The van der Waals surface area contributed by atoms with Gasteiger partial charge in [-0.1, -0.05) is 0 Å². The van der Waals surface area contributed by atoms with Crippen molar-refractivity contribution in [3.63, 3.8) is 0 Å². The van der Waals surface area contributed by atoms with Crippen LogP contribution in [0.4, 0.5) is 5.82 Å². The standard InChI is InChI=1S/C12H22N4O2/c1-4-17-12(18-5-2)10(16-14)9-6-8(3)7-15-11(9)13/h6-7,10,12,16H,4-5,14H2,1-3H3,(H2,13,15). The molecule has 0 spiro atoms. The lowest BCUT2D eigenvalue weighted by Gasteiger charge is -2.27. The average Bonchev–Trinajstić information content (AvgIpc) is 2.35. The predicted octanol–water partition coefficient (Wildman–Crippen LogP) is 0.876. The van der Waals surface area contributed by atoms with Crippen molar-refractivity contribution in [1.29, 1.82) is 0 Å². The number of hydrogen-bond donors (Lipinski definition) is 3. The number of anilines is 1. The molecule has 1 heterocycles. The SMILES string of the molecule is CCOC(OCC)C(NN)c1cc(C)cnc1N. The van der Waals surface area contributed by atoms with E-state index in [-0.39, 0.29) is 6.04 Å². The number of nitrogens with one attached hydrogen (secondary N) is 1. The van der Waals surface area contributed by atoms with Gasteiger partial charge in [-0.15, -0.1) is 0 Å². The Hall–Kier alpha value is -1.21. The minimum absolute atomic E-state index is 0.350. The second-order valence-electron chi connectivity index (χ2n) is 3.91. The largest absolute Gasteiger partial charge is 0.383 e. The van der Waals surface area contributed by atoms with Gasteiger partial charge in [0.2, 0.25) is 0 Å². The van der Waals surface area contributed by atoms with Crippen LogP contribution in [0.5, 0.6) is 0 Å². The van der Waals surface area contributed by atoms with Gasteiger partial charge in [0.1, 0.15) is 11.9 Å². The zero-order chi connectivity index (χ0) is 13.5. The summed E-state index contributed by atoms with van der Waals surface area (Å²) in [5.74, 6) is 6.02. The first-order chi connectivity index (χ1) is 8.63. The number of ether oxygens (including phenoxy) is 2. The van der Waals surface area contributed by atoms with Crippen LogP contribution in [0.1, 0.15) is 31.0 Å². The molecule has 1 aromatic heterocycles. The van der Waals surface area contributed by atoms with Crippen molar-refractivity contribution in [3.8, 4) is 0 Å². The first-order valence-corrected chi connectivity index (χ1v) is 6.05. The molecule has 0 bridgehead atoms. The van der Waals surface area contributed by atoms with Gasteiger partial charge in [-0.25, -0.2) is 10.4 Å². The molecule has 6 nitrogen and oxygen atoms in total. The average molecular weight is 254 g/mol. The Morgan fingerprint density at radius 3 is 2.44 bits per heavy atom. The van der Waals surface area contributed by atoms with Crippen molar-refractivity contribution in [2.45, 2.75) is 33.1 Å². The molecule has 1 rings (SSSR count). The van der Waals surface area contributed by atoms with Crippen LogP contribution in [-0.4, -0.2) is 24.5 Å².